The van der Waals surface area contributed by atoms with Crippen LogP contribution in [-0.2, 0) is 11.3 Å². The van der Waals surface area contributed by atoms with Gasteiger partial charge in [-0.3, -0.25) is 4.79 Å². The van der Waals surface area contributed by atoms with E-state index in [0.29, 0.717) is 55.0 Å². The maximum absolute atomic E-state index is 15.3. The summed E-state index contributed by atoms with van der Waals surface area (Å²) in [5.74, 6) is 0.411. The first kappa shape index (κ1) is 25.8. The van der Waals surface area contributed by atoms with E-state index >= 15 is 4.39 Å². The molecule has 34 heavy (non-hydrogen) atoms. The summed E-state index contributed by atoms with van der Waals surface area (Å²) in [7, 11) is 0. The van der Waals surface area contributed by atoms with Gasteiger partial charge in [-0.2, -0.15) is 0 Å². The van der Waals surface area contributed by atoms with Crippen LogP contribution >= 0.6 is 11.6 Å². The van der Waals surface area contributed by atoms with Crippen molar-refractivity contribution in [3.8, 4) is 28.5 Å². The van der Waals surface area contributed by atoms with Gasteiger partial charge in [0.15, 0.2) is 0 Å². The third-order valence-electron chi connectivity index (χ3n) is 4.88. The van der Waals surface area contributed by atoms with Crippen molar-refractivity contribution in [1.82, 2.24) is 20.3 Å². The Balaban J connectivity index is 1.82. The molecule has 3 rings (SSSR count). The van der Waals surface area contributed by atoms with Crippen molar-refractivity contribution in [2.75, 3.05) is 26.4 Å². The summed E-state index contributed by atoms with van der Waals surface area (Å²) in [5.41, 5.74) is 1.02. The fraction of sp³-hybridized carbons (Fsp3) is 0.400. The average Bonchev–Trinajstić information content (AvgIpc) is 2.80. The maximum atomic E-state index is 15.3. The van der Waals surface area contributed by atoms with Gasteiger partial charge in [0.05, 0.1) is 22.9 Å². The predicted octanol–water partition coefficient (Wildman–Crippen LogP) is 4.84. The lowest BCUT2D eigenvalue weighted by molar-refractivity contribution is 0.0990. The van der Waals surface area contributed by atoms with Gasteiger partial charge in [-0.05, 0) is 31.0 Å². The molecule has 0 aliphatic carbocycles. The Kier molecular flexibility index (Phi) is 9.56. The summed E-state index contributed by atoms with van der Waals surface area (Å²) < 4.78 is 26.3. The normalized spacial score (nSPS) is 11.2. The number of nitrogens with one attached hydrogen (secondary N) is 2. The van der Waals surface area contributed by atoms with Crippen molar-refractivity contribution in [2.45, 2.75) is 33.7 Å². The topological polar surface area (TPSA) is 89.1 Å². The number of aromatic amines is 1. The van der Waals surface area contributed by atoms with Gasteiger partial charge in [-0.1, -0.05) is 38.4 Å². The van der Waals surface area contributed by atoms with Crippen molar-refractivity contribution >= 4 is 11.6 Å². The van der Waals surface area contributed by atoms with E-state index < -0.39 is 11.4 Å². The van der Waals surface area contributed by atoms with Crippen LogP contribution in [0, 0.1) is 11.7 Å². The molecule has 0 fully saturated rings. The molecule has 1 aromatic carbocycles. The average molecular weight is 489 g/mol. The van der Waals surface area contributed by atoms with Crippen molar-refractivity contribution in [3.63, 3.8) is 0 Å². The number of rotatable bonds is 12. The van der Waals surface area contributed by atoms with Gasteiger partial charge in [0.25, 0.3) is 5.56 Å². The van der Waals surface area contributed by atoms with E-state index in [2.05, 4.69) is 34.1 Å². The van der Waals surface area contributed by atoms with Gasteiger partial charge < -0.3 is 19.8 Å². The molecule has 2 N–H and O–H groups in total. The fourth-order valence-electron chi connectivity index (χ4n) is 3.24. The number of hydrogen-bond acceptors (Lipinski definition) is 6. The highest BCUT2D eigenvalue weighted by molar-refractivity contribution is 6.33. The van der Waals surface area contributed by atoms with Crippen LogP contribution in [0.25, 0.3) is 22.6 Å². The highest BCUT2D eigenvalue weighted by atomic mass is 35.5. The predicted molar refractivity (Wildman–Crippen MR) is 132 cm³/mol. The first-order chi connectivity index (χ1) is 16.4. The van der Waals surface area contributed by atoms with Crippen molar-refractivity contribution in [3.05, 3.63) is 63.3 Å². The van der Waals surface area contributed by atoms with Gasteiger partial charge in [-0.15, -0.1) is 0 Å². The van der Waals surface area contributed by atoms with Gasteiger partial charge >= 0.3 is 0 Å². The van der Waals surface area contributed by atoms with Crippen LogP contribution in [0.1, 0.15) is 32.8 Å². The van der Waals surface area contributed by atoms with E-state index in [1.165, 1.54) is 6.07 Å². The van der Waals surface area contributed by atoms with Crippen LogP contribution in [0.5, 0.6) is 5.88 Å². The minimum absolute atomic E-state index is 0.0594. The third-order valence-corrected chi connectivity index (χ3v) is 5.19. The number of H-pyrrole nitrogens is 1. The quantitative estimate of drug-likeness (QED) is 0.354. The molecule has 0 saturated heterocycles. The van der Waals surface area contributed by atoms with Crippen molar-refractivity contribution in [2.24, 2.45) is 5.92 Å². The minimum atomic E-state index is -0.517. The fourth-order valence-corrected chi connectivity index (χ4v) is 3.47. The molecule has 0 unspecified atom stereocenters. The number of halogens is 2. The third kappa shape index (κ3) is 7.09. The van der Waals surface area contributed by atoms with E-state index in [9.17, 15) is 4.79 Å². The van der Waals surface area contributed by atoms with E-state index in [4.69, 9.17) is 21.1 Å². The van der Waals surface area contributed by atoms with Crippen LogP contribution in [0.4, 0.5) is 4.39 Å². The Bertz CT molecular complexity index is 1140. The van der Waals surface area contributed by atoms with E-state index in [0.717, 1.165) is 13.0 Å². The molecular weight excluding hydrogens is 459 g/mol. The number of nitrogens with zero attached hydrogens (tertiary/aromatic N) is 2. The standard InChI is InChI=1S/C25H30ClFN4O3/c1-4-9-33-10-11-34-22-8-6-17(15-29-22)20-12-21(32)31-25(30-20)23-19(26)7-5-18(24(23)27)14-28-13-16(2)3/h5-8,12,15-16,28H,4,9-11,13-14H2,1-3H3,(H,30,31,32). The summed E-state index contributed by atoms with van der Waals surface area (Å²) >= 11 is 6.31. The molecule has 2 heterocycles. The number of pyridine rings is 1. The maximum Gasteiger partial charge on any atom is 0.251 e. The Morgan fingerprint density at radius 1 is 1.18 bits per heavy atom. The van der Waals surface area contributed by atoms with E-state index in [-0.39, 0.29) is 16.4 Å². The molecule has 2 aromatic heterocycles. The van der Waals surface area contributed by atoms with E-state index in [1.54, 1.807) is 30.5 Å². The van der Waals surface area contributed by atoms with Gasteiger partial charge in [0, 0.05) is 42.6 Å². The second-order valence-electron chi connectivity index (χ2n) is 8.25. The largest absolute Gasteiger partial charge is 0.475 e. The molecule has 0 aliphatic heterocycles. The second-order valence-corrected chi connectivity index (χ2v) is 8.65. The van der Waals surface area contributed by atoms with Crippen molar-refractivity contribution < 1.29 is 13.9 Å². The zero-order valence-electron chi connectivity index (χ0n) is 19.7. The molecule has 0 radical (unpaired) electrons. The summed E-state index contributed by atoms with van der Waals surface area (Å²) in [6.07, 6.45) is 2.50. The lowest BCUT2D eigenvalue weighted by Crippen LogP contribution is -2.20. The number of ether oxygens (including phenoxy) is 2. The zero-order chi connectivity index (χ0) is 24.5. The molecule has 0 atom stereocenters. The molecule has 0 saturated carbocycles. The summed E-state index contributed by atoms with van der Waals surface area (Å²) in [5, 5.41) is 3.38. The molecule has 0 amide bonds. The molecule has 182 valence electrons. The van der Waals surface area contributed by atoms with Crippen molar-refractivity contribution in [1.29, 1.82) is 0 Å². The van der Waals surface area contributed by atoms with E-state index in [1.807, 2.05) is 6.92 Å². The first-order valence-electron chi connectivity index (χ1n) is 11.3. The van der Waals surface area contributed by atoms with Crippen LogP contribution in [0.2, 0.25) is 5.02 Å². The van der Waals surface area contributed by atoms with Crippen LogP contribution < -0.4 is 15.6 Å². The Morgan fingerprint density at radius 3 is 2.71 bits per heavy atom. The summed E-state index contributed by atoms with van der Waals surface area (Å²) in [6.45, 7) is 8.84. The van der Waals surface area contributed by atoms with Crippen LogP contribution in [-0.4, -0.2) is 41.3 Å². The van der Waals surface area contributed by atoms with Gasteiger partial charge in [0.1, 0.15) is 18.2 Å². The molecular formula is C25H30ClFN4O3. The first-order valence-corrected chi connectivity index (χ1v) is 11.7. The molecule has 9 heteroatoms. The van der Waals surface area contributed by atoms with Gasteiger partial charge in [0.2, 0.25) is 5.88 Å². The van der Waals surface area contributed by atoms with Crippen LogP contribution in [0.15, 0.2) is 41.3 Å². The smallest absolute Gasteiger partial charge is 0.251 e. The molecule has 7 nitrogen and oxygen atoms in total. The number of benzene rings is 1. The second kappa shape index (κ2) is 12.6. The van der Waals surface area contributed by atoms with Gasteiger partial charge in [-0.25, -0.2) is 14.4 Å². The highest BCUT2D eigenvalue weighted by Gasteiger charge is 2.18. The number of hydrogen-bond donors (Lipinski definition) is 2. The Labute approximate surface area is 203 Å². The SMILES string of the molecule is CCCOCCOc1ccc(-c2cc(=O)[nH]c(-c3c(Cl)ccc(CNCC(C)C)c3F)n2)cn1. The number of aromatic nitrogens is 3. The molecule has 0 aliphatic rings. The monoisotopic (exact) mass is 488 g/mol. The lowest BCUT2D eigenvalue weighted by atomic mass is 10.1. The summed E-state index contributed by atoms with van der Waals surface area (Å²) in [4.78, 5) is 23.7. The molecule has 0 spiro atoms. The Hall–Kier alpha value is -2.81. The minimum Gasteiger partial charge on any atom is -0.475 e. The Morgan fingerprint density at radius 2 is 2.00 bits per heavy atom. The molecule has 0 bridgehead atoms. The molecule has 3 aromatic rings. The zero-order valence-corrected chi connectivity index (χ0v) is 20.4. The highest BCUT2D eigenvalue weighted by Crippen LogP contribution is 2.31. The lowest BCUT2D eigenvalue weighted by Gasteiger charge is -2.13. The summed E-state index contributed by atoms with van der Waals surface area (Å²) in [6, 6.07) is 8.00. The van der Waals surface area contributed by atoms with Crippen LogP contribution in [0.3, 0.4) is 0 Å².